The number of anilines is 1. The molecule has 0 aromatic heterocycles. The second-order valence-corrected chi connectivity index (χ2v) is 7.33. The van der Waals surface area contributed by atoms with Gasteiger partial charge in [-0.15, -0.1) is 0 Å². The van der Waals surface area contributed by atoms with Crippen LogP contribution in [-0.4, -0.2) is 39.0 Å². The summed E-state index contributed by atoms with van der Waals surface area (Å²) >= 11 is 0. The SMILES string of the molecule is CCN1CCCC[C@H]1CNc1cc(C)c(F)cc1S(N)(=O)=O. The molecule has 1 atom stereocenters. The number of likely N-dealkylation sites (tertiary alicyclic amines) is 1. The third-order valence-electron chi connectivity index (χ3n) is 4.25. The molecule has 0 spiro atoms. The minimum atomic E-state index is -3.96. The molecule has 0 saturated carbocycles. The van der Waals surface area contributed by atoms with Crippen LogP contribution in [0, 0.1) is 12.7 Å². The predicted octanol–water partition coefficient (Wildman–Crippen LogP) is 2.07. The van der Waals surface area contributed by atoms with Crippen LogP contribution >= 0.6 is 0 Å². The van der Waals surface area contributed by atoms with E-state index in [1.54, 1.807) is 6.92 Å². The smallest absolute Gasteiger partial charge is 0.240 e. The van der Waals surface area contributed by atoms with Crippen molar-refractivity contribution in [3.63, 3.8) is 0 Å². The molecule has 124 valence electrons. The van der Waals surface area contributed by atoms with Crippen molar-refractivity contribution in [2.75, 3.05) is 25.0 Å². The van der Waals surface area contributed by atoms with E-state index < -0.39 is 15.8 Å². The lowest BCUT2D eigenvalue weighted by molar-refractivity contribution is 0.164. The van der Waals surface area contributed by atoms with E-state index in [-0.39, 0.29) is 4.90 Å². The van der Waals surface area contributed by atoms with E-state index in [1.807, 2.05) is 0 Å². The summed E-state index contributed by atoms with van der Waals surface area (Å²) in [4.78, 5) is 2.19. The van der Waals surface area contributed by atoms with Gasteiger partial charge >= 0.3 is 0 Å². The fraction of sp³-hybridized carbons (Fsp3) is 0.600. The molecule has 3 N–H and O–H groups in total. The number of piperidine rings is 1. The van der Waals surface area contributed by atoms with Crippen LogP contribution < -0.4 is 10.5 Å². The van der Waals surface area contributed by atoms with Gasteiger partial charge in [0.05, 0.1) is 5.69 Å². The third-order valence-corrected chi connectivity index (χ3v) is 5.20. The molecule has 22 heavy (non-hydrogen) atoms. The molecule has 2 rings (SSSR count). The van der Waals surface area contributed by atoms with Gasteiger partial charge in [0.1, 0.15) is 10.7 Å². The van der Waals surface area contributed by atoms with Crippen molar-refractivity contribution in [2.24, 2.45) is 5.14 Å². The van der Waals surface area contributed by atoms with Gasteiger partial charge in [-0.1, -0.05) is 13.3 Å². The van der Waals surface area contributed by atoms with E-state index in [1.165, 1.54) is 18.9 Å². The number of hydrogen-bond acceptors (Lipinski definition) is 4. The summed E-state index contributed by atoms with van der Waals surface area (Å²) in [5.74, 6) is -0.567. The molecule has 0 unspecified atom stereocenters. The van der Waals surface area contributed by atoms with Crippen LogP contribution in [0.15, 0.2) is 17.0 Å². The number of aryl methyl sites for hydroxylation is 1. The van der Waals surface area contributed by atoms with Gasteiger partial charge in [0.2, 0.25) is 10.0 Å². The average molecular weight is 329 g/mol. The minimum absolute atomic E-state index is 0.186. The first-order valence-electron chi connectivity index (χ1n) is 7.63. The molecule has 1 saturated heterocycles. The van der Waals surface area contributed by atoms with Crippen LogP contribution in [0.25, 0.3) is 0 Å². The maximum atomic E-state index is 13.6. The summed E-state index contributed by atoms with van der Waals surface area (Å²) in [5, 5.41) is 8.35. The van der Waals surface area contributed by atoms with Gasteiger partial charge in [0, 0.05) is 12.6 Å². The first kappa shape index (κ1) is 17.2. The molecule has 1 fully saturated rings. The number of rotatable bonds is 5. The van der Waals surface area contributed by atoms with Crippen molar-refractivity contribution in [3.05, 3.63) is 23.5 Å². The zero-order valence-corrected chi connectivity index (χ0v) is 13.9. The van der Waals surface area contributed by atoms with Crippen LogP contribution in [0.5, 0.6) is 0 Å². The van der Waals surface area contributed by atoms with Crippen molar-refractivity contribution >= 4 is 15.7 Å². The van der Waals surface area contributed by atoms with Gasteiger partial charge < -0.3 is 5.32 Å². The summed E-state index contributed by atoms with van der Waals surface area (Å²) in [6.07, 6.45) is 3.45. The van der Waals surface area contributed by atoms with E-state index in [0.717, 1.165) is 25.6 Å². The van der Waals surface area contributed by atoms with Gasteiger partial charge in [0.25, 0.3) is 0 Å². The fourth-order valence-corrected chi connectivity index (χ4v) is 3.68. The Morgan fingerprint density at radius 3 is 2.77 bits per heavy atom. The number of primary sulfonamides is 1. The summed E-state index contributed by atoms with van der Waals surface area (Å²) in [7, 11) is -3.96. The Morgan fingerprint density at radius 1 is 1.41 bits per heavy atom. The Hall–Kier alpha value is -1.18. The van der Waals surface area contributed by atoms with Crippen molar-refractivity contribution in [1.29, 1.82) is 0 Å². The lowest BCUT2D eigenvalue weighted by atomic mass is 10.0. The fourth-order valence-electron chi connectivity index (χ4n) is 2.97. The zero-order chi connectivity index (χ0) is 16.3. The molecular weight excluding hydrogens is 305 g/mol. The minimum Gasteiger partial charge on any atom is -0.382 e. The molecule has 1 aliphatic heterocycles. The van der Waals surface area contributed by atoms with Crippen molar-refractivity contribution < 1.29 is 12.8 Å². The van der Waals surface area contributed by atoms with Crippen molar-refractivity contribution in [3.8, 4) is 0 Å². The second kappa shape index (κ2) is 6.93. The summed E-state index contributed by atoms with van der Waals surface area (Å²) in [6, 6.07) is 2.86. The van der Waals surface area contributed by atoms with E-state index in [2.05, 4.69) is 17.1 Å². The molecule has 1 aromatic rings. The zero-order valence-electron chi connectivity index (χ0n) is 13.1. The molecule has 1 heterocycles. The lowest BCUT2D eigenvalue weighted by Gasteiger charge is -2.35. The number of nitrogens with one attached hydrogen (secondary N) is 1. The summed E-state index contributed by atoms with van der Waals surface area (Å²) in [5.41, 5.74) is 0.772. The van der Waals surface area contributed by atoms with Crippen LogP contribution in [0.4, 0.5) is 10.1 Å². The summed E-state index contributed by atoms with van der Waals surface area (Å²) in [6.45, 7) is 6.38. The van der Waals surface area contributed by atoms with E-state index >= 15 is 0 Å². The predicted molar refractivity (Wildman–Crippen MR) is 85.9 cm³/mol. The van der Waals surface area contributed by atoms with Crippen LogP contribution in [0.1, 0.15) is 31.7 Å². The molecule has 5 nitrogen and oxygen atoms in total. The molecule has 0 amide bonds. The largest absolute Gasteiger partial charge is 0.382 e. The lowest BCUT2D eigenvalue weighted by Crippen LogP contribution is -2.43. The highest BCUT2D eigenvalue weighted by atomic mass is 32.2. The van der Waals surface area contributed by atoms with Crippen molar-refractivity contribution in [1.82, 2.24) is 4.90 Å². The highest BCUT2D eigenvalue weighted by molar-refractivity contribution is 7.89. The number of sulfonamides is 1. The Bertz CT molecular complexity index is 634. The number of benzene rings is 1. The molecule has 0 bridgehead atoms. The maximum absolute atomic E-state index is 13.6. The molecule has 7 heteroatoms. The van der Waals surface area contributed by atoms with Gasteiger partial charge in [-0.25, -0.2) is 17.9 Å². The molecule has 0 radical (unpaired) electrons. The number of likely N-dealkylation sites (N-methyl/N-ethyl adjacent to an activating group) is 1. The molecule has 0 aliphatic carbocycles. The number of nitrogens with two attached hydrogens (primary N) is 1. The van der Waals surface area contributed by atoms with E-state index in [4.69, 9.17) is 5.14 Å². The van der Waals surface area contributed by atoms with Crippen LogP contribution in [0.2, 0.25) is 0 Å². The topological polar surface area (TPSA) is 75.4 Å². The number of hydrogen-bond donors (Lipinski definition) is 2. The monoisotopic (exact) mass is 329 g/mol. The first-order valence-corrected chi connectivity index (χ1v) is 9.18. The average Bonchev–Trinajstić information content (AvgIpc) is 2.47. The number of nitrogens with zero attached hydrogens (tertiary/aromatic N) is 1. The highest BCUT2D eigenvalue weighted by Crippen LogP contribution is 2.25. The standard InChI is InChI=1S/C15H24FN3O2S/c1-3-19-7-5-4-6-12(19)10-18-14-8-11(2)13(16)9-15(14)22(17,20)21/h8-9,12,18H,3-7,10H2,1-2H3,(H2,17,20,21)/t12-/m0/s1. The van der Waals surface area contributed by atoms with Gasteiger partial charge in [-0.05, 0) is 50.6 Å². The molecule has 1 aliphatic rings. The summed E-state index contributed by atoms with van der Waals surface area (Å²) < 4.78 is 36.9. The number of halogens is 1. The Morgan fingerprint density at radius 2 is 2.14 bits per heavy atom. The van der Waals surface area contributed by atoms with Gasteiger partial charge in [-0.2, -0.15) is 0 Å². The Kier molecular flexibility index (Phi) is 5.41. The normalized spacial score (nSPS) is 20.1. The Labute approximate surface area is 131 Å². The van der Waals surface area contributed by atoms with Gasteiger partial charge in [0.15, 0.2) is 0 Å². The molecule has 1 aromatic carbocycles. The van der Waals surface area contributed by atoms with Crippen LogP contribution in [0.3, 0.4) is 0 Å². The molecular formula is C15H24FN3O2S. The second-order valence-electron chi connectivity index (χ2n) is 5.80. The van der Waals surface area contributed by atoms with Gasteiger partial charge in [-0.3, -0.25) is 4.90 Å². The third kappa shape index (κ3) is 3.97. The van der Waals surface area contributed by atoms with E-state index in [0.29, 0.717) is 23.8 Å². The quantitative estimate of drug-likeness (QED) is 0.867. The highest BCUT2D eigenvalue weighted by Gasteiger charge is 2.22. The van der Waals surface area contributed by atoms with Crippen molar-refractivity contribution in [2.45, 2.75) is 44.0 Å². The Balaban J connectivity index is 2.20. The van der Waals surface area contributed by atoms with Crippen LogP contribution in [-0.2, 0) is 10.0 Å². The maximum Gasteiger partial charge on any atom is 0.240 e. The first-order chi connectivity index (χ1) is 10.3. The van der Waals surface area contributed by atoms with E-state index in [9.17, 15) is 12.8 Å².